The van der Waals surface area contributed by atoms with E-state index in [1.54, 1.807) is 23.3 Å². The van der Waals surface area contributed by atoms with Crippen molar-refractivity contribution in [3.63, 3.8) is 0 Å². The van der Waals surface area contributed by atoms with Crippen molar-refractivity contribution in [3.05, 3.63) is 45.9 Å². The van der Waals surface area contributed by atoms with Gasteiger partial charge in [-0.3, -0.25) is 9.36 Å². The quantitative estimate of drug-likeness (QED) is 0.521. The Labute approximate surface area is 193 Å². The van der Waals surface area contributed by atoms with E-state index >= 15 is 0 Å². The van der Waals surface area contributed by atoms with E-state index in [9.17, 15) is 4.79 Å². The fourth-order valence-corrected chi connectivity index (χ4v) is 4.56. The summed E-state index contributed by atoms with van der Waals surface area (Å²) in [5, 5.41) is 4.10. The number of nitrogens with zero attached hydrogens (tertiary/aromatic N) is 3. The summed E-state index contributed by atoms with van der Waals surface area (Å²) in [6, 6.07) is 6.12. The first kappa shape index (κ1) is 22.4. The average Bonchev–Trinajstić information content (AvgIpc) is 3.38. The highest BCUT2D eigenvalue weighted by Crippen LogP contribution is 2.40. The number of benzene rings is 1. The van der Waals surface area contributed by atoms with Crippen LogP contribution in [-0.4, -0.2) is 46.2 Å². The number of fused-ring (bicyclic) bond motifs is 3. The zero-order valence-electron chi connectivity index (χ0n) is 19.9. The molecule has 0 N–H and O–H groups in total. The minimum absolute atomic E-state index is 0.0155. The van der Waals surface area contributed by atoms with Crippen LogP contribution in [0.2, 0.25) is 0 Å². The van der Waals surface area contributed by atoms with Gasteiger partial charge in [0, 0.05) is 29.6 Å². The maximum Gasteiger partial charge on any atom is 0.274 e. The Morgan fingerprint density at radius 3 is 2.56 bits per heavy atom. The molecule has 0 saturated carbocycles. The van der Waals surface area contributed by atoms with E-state index in [4.69, 9.17) is 14.5 Å². The number of thiophene rings is 1. The van der Waals surface area contributed by atoms with Crippen molar-refractivity contribution in [1.29, 1.82) is 0 Å². The zero-order chi connectivity index (χ0) is 23.2. The standard InChI is InChI=1S/C25H31N3O3S/c1-15(2)31-21-13-19-16(12-20(21)30-7)8-9-18-22(24(29)27(6)25(3,4)5)26-23(28(18)19)17-10-11-32-14-17/h10-15H,8-9H2,1-7H3. The summed E-state index contributed by atoms with van der Waals surface area (Å²) in [6.07, 6.45) is 1.56. The maximum atomic E-state index is 13.5. The van der Waals surface area contributed by atoms with Gasteiger partial charge in [-0.1, -0.05) is 0 Å². The van der Waals surface area contributed by atoms with Crippen LogP contribution >= 0.6 is 11.3 Å². The summed E-state index contributed by atoms with van der Waals surface area (Å²) in [7, 11) is 3.50. The number of carbonyl (C=O) groups is 1. The largest absolute Gasteiger partial charge is 0.493 e. The molecule has 6 nitrogen and oxygen atoms in total. The molecule has 0 fully saturated rings. The van der Waals surface area contributed by atoms with Gasteiger partial charge in [0.25, 0.3) is 5.91 Å². The predicted molar refractivity (Wildman–Crippen MR) is 128 cm³/mol. The van der Waals surface area contributed by atoms with E-state index in [2.05, 4.69) is 16.0 Å². The molecule has 0 radical (unpaired) electrons. The number of hydrogen-bond donors (Lipinski definition) is 0. The van der Waals surface area contributed by atoms with Crippen molar-refractivity contribution >= 4 is 17.2 Å². The van der Waals surface area contributed by atoms with Gasteiger partial charge >= 0.3 is 0 Å². The number of methoxy groups -OCH3 is 1. The summed E-state index contributed by atoms with van der Waals surface area (Å²) in [5.74, 6) is 2.15. The lowest BCUT2D eigenvalue weighted by molar-refractivity contribution is 0.0649. The van der Waals surface area contributed by atoms with Gasteiger partial charge in [0.15, 0.2) is 17.2 Å². The van der Waals surface area contributed by atoms with Crippen LogP contribution in [0, 0.1) is 0 Å². The molecule has 0 bridgehead atoms. The third-order valence-corrected chi connectivity index (χ3v) is 6.55. The second-order valence-electron chi connectivity index (χ2n) is 9.41. The number of aryl methyl sites for hydroxylation is 1. The average molecular weight is 454 g/mol. The molecule has 7 heteroatoms. The van der Waals surface area contributed by atoms with Crippen LogP contribution in [0.4, 0.5) is 0 Å². The Kier molecular flexibility index (Phi) is 5.79. The highest BCUT2D eigenvalue weighted by atomic mass is 32.1. The Balaban J connectivity index is 1.94. The van der Waals surface area contributed by atoms with Crippen molar-refractivity contribution in [2.24, 2.45) is 0 Å². The van der Waals surface area contributed by atoms with Gasteiger partial charge in [-0.15, -0.1) is 0 Å². The molecular formula is C25H31N3O3S. The van der Waals surface area contributed by atoms with Gasteiger partial charge in [-0.05, 0) is 70.5 Å². The molecule has 1 aromatic carbocycles. The van der Waals surface area contributed by atoms with Crippen molar-refractivity contribution < 1.29 is 14.3 Å². The minimum Gasteiger partial charge on any atom is -0.493 e. The molecule has 1 amide bonds. The summed E-state index contributed by atoms with van der Waals surface area (Å²) >= 11 is 1.62. The van der Waals surface area contributed by atoms with Crippen LogP contribution < -0.4 is 9.47 Å². The van der Waals surface area contributed by atoms with E-state index < -0.39 is 0 Å². The predicted octanol–water partition coefficient (Wildman–Crippen LogP) is 5.37. The Morgan fingerprint density at radius 2 is 1.97 bits per heavy atom. The molecule has 3 heterocycles. The molecule has 0 saturated heterocycles. The van der Waals surface area contributed by atoms with Crippen LogP contribution in [-0.2, 0) is 12.8 Å². The SMILES string of the molecule is COc1cc2c(cc1OC(C)C)-n1c(-c3ccsc3)nc(C(=O)N(C)C(C)(C)C)c1CC2. The van der Waals surface area contributed by atoms with E-state index in [0.717, 1.165) is 46.9 Å². The van der Waals surface area contributed by atoms with Crippen molar-refractivity contribution in [2.75, 3.05) is 14.2 Å². The van der Waals surface area contributed by atoms with Crippen molar-refractivity contribution in [2.45, 2.75) is 59.1 Å². The number of carbonyl (C=O) groups excluding carboxylic acids is 1. The number of aromatic nitrogens is 2. The molecule has 32 heavy (non-hydrogen) atoms. The van der Waals surface area contributed by atoms with Crippen molar-refractivity contribution in [1.82, 2.24) is 14.5 Å². The second-order valence-corrected chi connectivity index (χ2v) is 10.2. The highest BCUT2D eigenvalue weighted by Gasteiger charge is 2.33. The van der Waals surface area contributed by atoms with Crippen LogP contribution in [0.25, 0.3) is 17.1 Å². The zero-order valence-corrected chi connectivity index (χ0v) is 20.7. The molecule has 2 aromatic heterocycles. The van der Waals surface area contributed by atoms with Gasteiger partial charge in [0.05, 0.1) is 24.6 Å². The third kappa shape index (κ3) is 3.90. The first-order valence-corrected chi connectivity index (χ1v) is 11.9. The van der Waals surface area contributed by atoms with E-state index in [1.165, 1.54) is 0 Å². The molecule has 0 aliphatic carbocycles. The van der Waals surface area contributed by atoms with Crippen LogP contribution in [0.5, 0.6) is 11.5 Å². The molecule has 0 spiro atoms. The Bertz CT molecular complexity index is 1140. The maximum absolute atomic E-state index is 13.5. The molecule has 0 atom stereocenters. The summed E-state index contributed by atoms with van der Waals surface area (Å²) in [4.78, 5) is 20.2. The summed E-state index contributed by atoms with van der Waals surface area (Å²) < 4.78 is 13.8. The summed E-state index contributed by atoms with van der Waals surface area (Å²) in [5.41, 5.74) is 4.32. The Morgan fingerprint density at radius 1 is 1.22 bits per heavy atom. The minimum atomic E-state index is -0.297. The first-order chi connectivity index (χ1) is 15.1. The number of rotatable bonds is 5. The van der Waals surface area contributed by atoms with E-state index in [1.807, 2.05) is 59.2 Å². The monoisotopic (exact) mass is 453 g/mol. The van der Waals surface area contributed by atoms with Gasteiger partial charge in [0.2, 0.25) is 0 Å². The van der Waals surface area contributed by atoms with Crippen LogP contribution in [0.15, 0.2) is 29.0 Å². The number of amides is 1. The van der Waals surface area contributed by atoms with E-state index in [0.29, 0.717) is 11.4 Å². The molecule has 1 aliphatic heterocycles. The van der Waals surface area contributed by atoms with Gasteiger partial charge in [-0.25, -0.2) is 4.98 Å². The first-order valence-electron chi connectivity index (χ1n) is 10.9. The lowest BCUT2D eigenvalue weighted by Gasteiger charge is -2.32. The highest BCUT2D eigenvalue weighted by molar-refractivity contribution is 7.08. The molecular weight excluding hydrogens is 422 g/mol. The molecule has 3 aromatic rings. The molecule has 4 rings (SSSR count). The summed E-state index contributed by atoms with van der Waals surface area (Å²) in [6.45, 7) is 10.1. The fourth-order valence-electron chi connectivity index (χ4n) is 3.92. The van der Waals surface area contributed by atoms with Crippen LogP contribution in [0.1, 0.15) is 56.4 Å². The normalized spacial score (nSPS) is 13.0. The topological polar surface area (TPSA) is 56.6 Å². The van der Waals surface area contributed by atoms with Gasteiger partial charge < -0.3 is 14.4 Å². The lowest BCUT2D eigenvalue weighted by atomic mass is 9.98. The number of hydrogen-bond acceptors (Lipinski definition) is 5. The number of imidazole rings is 1. The third-order valence-electron chi connectivity index (χ3n) is 5.87. The van der Waals surface area contributed by atoms with Gasteiger partial charge in [0.1, 0.15) is 5.82 Å². The Hall–Kier alpha value is -2.80. The second kappa shape index (κ2) is 8.28. The van der Waals surface area contributed by atoms with Crippen molar-refractivity contribution in [3.8, 4) is 28.6 Å². The van der Waals surface area contributed by atoms with E-state index in [-0.39, 0.29) is 17.6 Å². The fraction of sp³-hybridized carbons (Fsp3) is 0.440. The molecule has 170 valence electrons. The number of ether oxygens (including phenoxy) is 2. The lowest BCUT2D eigenvalue weighted by Crippen LogP contribution is -2.43. The smallest absolute Gasteiger partial charge is 0.274 e. The molecule has 1 aliphatic rings. The van der Waals surface area contributed by atoms with Gasteiger partial charge in [-0.2, -0.15) is 11.3 Å². The molecule has 0 unspecified atom stereocenters. The van der Waals surface area contributed by atoms with Crippen LogP contribution in [0.3, 0.4) is 0 Å².